The highest BCUT2D eigenvalue weighted by atomic mass is 127. The summed E-state index contributed by atoms with van der Waals surface area (Å²) in [4.78, 5) is 35.8. The van der Waals surface area contributed by atoms with E-state index in [-0.39, 0.29) is 18.8 Å². The first-order chi connectivity index (χ1) is 19.7. The second-order valence-electron chi connectivity index (χ2n) is 8.47. The molecule has 0 spiro atoms. The summed E-state index contributed by atoms with van der Waals surface area (Å²) in [5, 5.41) is 19.7. The van der Waals surface area contributed by atoms with Gasteiger partial charge < -0.3 is 39.4 Å². The van der Waals surface area contributed by atoms with Gasteiger partial charge in [-0.1, -0.05) is 6.07 Å². The maximum Gasteiger partial charge on any atom is 0.343 e. The number of halogens is 1. The van der Waals surface area contributed by atoms with Crippen molar-refractivity contribution in [1.29, 1.82) is 0 Å². The van der Waals surface area contributed by atoms with Crippen LogP contribution < -0.4 is 30.3 Å². The van der Waals surface area contributed by atoms with Gasteiger partial charge in [0.15, 0.2) is 24.3 Å². The fourth-order valence-corrected chi connectivity index (χ4v) is 4.43. The van der Waals surface area contributed by atoms with E-state index in [4.69, 9.17) is 18.9 Å². The van der Waals surface area contributed by atoms with Gasteiger partial charge in [-0.25, -0.2) is 14.4 Å². The molecule has 0 radical (unpaired) electrons. The summed E-state index contributed by atoms with van der Waals surface area (Å²) < 4.78 is 27.1. The molecule has 1 aliphatic rings. The first-order valence-electron chi connectivity index (χ1n) is 12.4. The first kappa shape index (κ1) is 31.5. The highest BCUT2D eigenvalue weighted by molar-refractivity contribution is 14.1. The number of nitrogens with one attached hydrogen (secondary N) is 3. The number of hydrogen-bond donors (Lipinski definition) is 4. The number of rotatable bonds is 13. The van der Waals surface area contributed by atoms with E-state index >= 15 is 0 Å². The summed E-state index contributed by atoms with van der Waals surface area (Å²) in [6.45, 7) is 3.39. The minimum Gasteiger partial charge on any atom is -0.490 e. The number of urea groups is 1. The van der Waals surface area contributed by atoms with Crippen molar-refractivity contribution >= 4 is 46.8 Å². The number of hydrazone groups is 1. The molecule has 13 nitrogen and oxygen atoms in total. The molecule has 2 aromatic carbocycles. The van der Waals surface area contributed by atoms with Crippen LogP contribution in [0.3, 0.4) is 0 Å². The number of benzene rings is 2. The highest BCUT2D eigenvalue weighted by Gasteiger charge is 2.32. The lowest BCUT2D eigenvalue weighted by molar-refractivity contribution is -0.143. The minimum absolute atomic E-state index is 0.162. The van der Waals surface area contributed by atoms with E-state index in [1.54, 1.807) is 50.2 Å². The Hall–Kier alpha value is -4.05. The lowest BCUT2D eigenvalue weighted by Crippen LogP contribution is -2.45. The molecule has 3 rings (SSSR count). The Bertz CT molecular complexity index is 1330. The molecule has 2 amide bonds. The van der Waals surface area contributed by atoms with E-state index in [1.165, 1.54) is 20.4 Å². The number of nitrogens with zero attached hydrogens (tertiary/aromatic N) is 1. The molecule has 2 aromatic rings. The number of hydrogen-bond acceptors (Lipinski definition) is 11. The molecule has 0 saturated carbocycles. The van der Waals surface area contributed by atoms with E-state index in [0.29, 0.717) is 35.1 Å². The third kappa shape index (κ3) is 8.72. The third-order valence-corrected chi connectivity index (χ3v) is 6.48. The molecule has 0 aliphatic carbocycles. The molecular formula is C27H31IN4O9. The minimum atomic E-state index is -1.15. The van der Waals surface area contributed by atoms with Crippen molar-refractivity contribution in [3.8, 4) is 17.2 Å². The zero-order valence-corrected chi connectivity index (χ0v) is 25.0. The number of aliphatic hydroxyl groups is 1. The topological polar surface area (TPSA) is 166 Å². The van der Waals surface area contributed by atoms with Gasteiger partial charge in [0, 0.05) is 5.70 Å². The Labute approximate surface area is 250 Å². The summed E-state index contributed by atoms with van der Waals surface area (Å²) in [6, 6.07) is 8.99. The van der Waals surface area contributed by atoms with E-state index in [1.807, 2.05) is 0 Å². The standard InChI is InChI=1S/C27H31IN4O9/c1-5-39-21-11-17(25-24(26(35)38-4)15(2)30-27(36)31-25)7-9-20(21)40-13-22(33)32-29-12-16-6-8-19(18(28)10-16)41-14-23(34)37-3/h6-12,22,25,32-33H,5,13-14H2,1-4H3,(H2,30,31,36)/b29-12-/t22-,25-/m1/s1. The van der Waals surface area contributed by atoms with Gasteiger partial charge in [0.1, 0.15) is 12.4 Å². The van der Waals surface area contributed by atoms with Crippen LogP contribution in [0.2, 0.25) is 0 Å². The quantitative estimate of drug-likeness (QED) is 0.0811. The zero-order valence-electron chi connectivity index (χ0n) is 22.9. The van der Waals surface area contributed by atoms with Crippen molar-refractivity contribution in [2.45, 2.75) is 26.1 Å². The second kappa shape index (κ2) is 15.1. The molecule has 41 heavy (non-hydrogen) atoms. The molecule has 2 atom stereocenters. The number of carbonyl (C=O) groups excluding carboxylic acids is 3. The van der Waals surface area contributed by atoms with E-state index in [0.717, 1.165) is 9.13 Å². The van der Waals surface area contributed by atoms with Gasteiger partial charge in [-0.05, 0) is 77.9 Å². The molecule has 0 aromatic heterocycles. The molecule has 220 valence electrons. The molecule has 14 heteroatoms. The van der Waals surface area contributed by atoms with Gasteiger partial charge >= 0.3 is 18.0 Å². The van der Waals surface area contributed by atoms with Crippen LogP contribution in [0.5, 0.6) is 17.2 Å². The van der Waals surface area contributed by atoms with Crippen LogP contribution >= 0.6 is 22.6 Å². The SMILES string of the molecule is CCOc1cc([C@H]2NC(=O)NC(C)=C2C(=O)OC)ccc1OC[C@@H](O)N/N=C\c1ccc(OCC(=O)OC)c(I)c1. The fraction of sp³-hybridized carbons (Fsp3) is 0.333. The molecule has 0 saturated heterocycles. The van der Waals surface area contributed by atoms with Crippen molar-refractivity contribution in [1.82, 2.24) is 16.1 Å². The zero-order chi connectivity index (χ0) is 29.9. The third-order valence-electron chi connectivity index (χ3n) is 5.64. The average Bonchev–Trinajstić information content (AvgIpc) is 2.95. The normalized spacial score (nSPS) is 15.5. The van der Waals surface area contributed by atoms with Crippen LogP contribution in [-0.2, 0) is 19.1 Å². The predicted octanol–water partition coefficient (Wildman–Crippen LogP) is 2.36. The van der Waals surface area contributed by atoms with Crippen LogP contribution in [0.4, 0.5) is 4.79 Å². The summed E-state index contributed by atoms with van der Waals surface area (Å²) in [5.41, 5.74) is 4.54. The second-order valence-corrected chi connectivity index (χ2v) is 9.63. The number of methoxy groups -OCH3 is 2. The van der Waals surface area contributed by atoms with Gasteiger partial charge in [0.05, 0.1) is 42.2 Å². The van der Waals surface area contributed by atoms with Gasteiger partial charge in [0.25, 0.3) is 0 Å². The van der Waals surface area contributed by atoms with E-state index < -0.39 is 30.2 Å². The number of amides is 2. The summed E-state index contributed by atoms with van der Waals surface area (Å²) in [7, 11) is 2.55. The first-order valence-corrected chi connectivity index (χ1v) is 13.5. The monoisotopic (exact) mass is 682 g/mol. The number of carbonyl (C=O) groups is 3. The van der Waals surface area contributed by atoms with Crippen molar-refractivity contribution in [3.63, 3.8) is 0 Å². The van der Waals surface area contributed by atoms with Crippen molar-refractivity contribution in [2.75, 3.05) is 34.0 Å². The molecular weight excluding hydrogens is 651 g/mol. The largest absolute Gasteiger partial charge is 0.490 e. The Morgan fingerprint density at radius 2 is 1.85 bits per heavy atom. The fourth-order valence-electron chi connectivity index (χ4n) is 3.73. The van der Waals surface area contributed by atoms with Gasteiger partial charge in [0.2, 0.25) is 0 Å². The Balaban J connectivity index is 1.63. The van der Waals surface area contributed by atoms with Gasteiger partial charge in [-0.15, -0.1) is 0 Å². The van der Waals surface area contributed by atoms with E-state index in [2.05, 4.69) is 48.5 Å². The Morgan fingerprint density at radius 3 is 2.54 bits per heavy atom. The Morgan fingerprint density at radius 1 is 1.10 bits per heavy atom. The molecule has 4 N–H and O–H groups in total. The van der Waals surface area contributed by atoms with Gasteiger partial charge in [-0.3, -0.25) is 5.43 Å². The maximum atomic E-state index is 12.4. The maximum absolute atomic E-state index is 12.4. The van der Waals surface area contributed by atoms with Crippen LogP contribution in [0.1, 0.15) is 31.0 Å². The van der Waals surface area contributed by atoms with E-state index in [9.17, 15) is 19.5 Å². The molecule has 1 heterocycles. The Kier molecular flexibility index (Phi) is 11.6. The average molecular weight is 682 g/mol. The van der Waals surface area contributed by atoms with Crippen LogP contribution in [-0.4, -0.2) is 69.6 Å². The van der Waals surface area contributed by atoms with Gasteiger partial charge in [-0.2, -0.15) is 5.10 Å². The van der Waals surface area contributed by atoms with Crippen LogP contribution in [0.15, 0.2) is 52.8 Å². The summed E-state index contributed by atoms with van der Waals surface area (Å²) in [6.07, 6.45) is 0.361. The smallest absolute Gasteiger partial charge is 0.343 e. The molecule has 1 aliphatic heterocycles. The summed E-state index contributed by atoms with van der Waals surface area (Å²) >= 11 is 2.07. The number of ether oxygens (including phenoxy) is 5. The van der Waals surface area contributed by atoms with Crippen LogP contribution in [0.25, 0.3) is 0 Å². The number of esters is 2. The lowest BCUT2D eigenvalue weighted by Gasteiger charge is -2.28. The van der Waals surface area contributed by atoms with Crippen LogP contribution in [0, 0.1) is 3.57 Å². The summed E-state index contributed by atoms with van der Waals surface area (Å²) in [5.74, 6) is 0.176. The number of aliphatic hydroxyl groups excluding tert-OH is 1. The lowest BCUT2D eigenvalue weighted by atomic mass is 9.95. The highest BCUT2D eigenvalue weighted by Crippen LogP contribution is 2.35. The molecule has 0 fully saturated rings. The predicted molar refractivity (Wildman–Crippen MR) is 156 cm³/mol. The number of allylic oxidation sites excluding steroid dienone is 1. The molecule has 0 unspecified atom stereocenters. The molecule has 0 bridgehead atoms. The van der Waals surface area contributed by atoms with Crippen molar-refractivity contribution < 1.29 is 43.2 Å². The van der Waals surface area contributed by atoms with Crippen molar-refractivity contribution in [3.05, 3.63) is 62.4 Å². The van der Waals surface area contributed by atoms with Crippen molar-refractivity contribution in [2.24, 2.45) is 5.10 Å².